The van der Waals surface area contributed by atoms with Gasteiger partial charge in [0.1, 0.15) is 5.75 Å². The number of carbonyl (C=O) groups is 2. The van der Waals surface area contributed by atoms with Crippen LogP contribution in [0.25, 0.3) is 0 Å². The van der Waals surface area contributed by atoms with Gasteiger partial charge in [0.15, 0.2) is 0 Å². The average Bonchev–Trinajstić information content (AvgIpc) is 2.87. The fourth-order valence-electron chi connectivity index (χ4n) is 2.44. The van der Waals surface area contributed by atoms with E-state index in [2.05, 4.69) is 5.32 Å². The number of halogens is 1. The number of rotatable bonds is 6. The molecule has 1 aliphatic heterocycles. The van der Waals surface area contributed by atoms with Crippen molar-refractivity contribution in [2.75, 3.05) is 6.61 Å². The smallest absolute Gasteiger partial charge is 0.286 e. The number of carbonyl (C=O) groups excluding carboxylic acids is 2. The van der Waals surface area contributed by atoms with Crippen LogP contribution in [0.4, 0.5) is 4.79 Å². The van der Waals surface area contributed by atoms with Gasteiger partial charge in [-0.3, -0.25) is 14.9 Å². The molecule has 0 saturated carbocycles. The van der Waals surface area contributed by atoms with Gasteiger partial charge in [0.05, 0.1) is 11.9 Å². The topological polar surface area (TPSA) is 55.4 Å². The van der Waals surface area contributed by atoms with Gasteiger partial charge in [-0.2, -0.15) is 0 Å². The van der Waals surface area contributed by atoms with E-state index in [1.54, 1.807) is 0 Å². The van der Waals surface area contributed by atoms with Crippen LogP contribution >= 0.6 is 23.4 Å². The molecule has 0 radical (unpaired) electrons. The van der Waals surface area contributed by atoms with E-state index in [0.29, 0.717) is 13.0 Å². The van der Waals surface area contributed by atoms with Gasteiger partial charge in [-0.25, -0.2) is 0 Å². The molecule has 0 aliphatic carbocycles. The highest BCUT2D eigenvalue weighted by Crippen LogP contribution is 2.24. The largest absolute Gasteiger partial charge is 0.493 e. The molecular weight excluding hydrogens is 346 g/mol. The third kappa shape index (κ3) is 4.52. The molecule has 0 bridgehead atoms. The molecule has 1 aliphatic rings. The fourth-order valence-corrected chi connectivity index (χ4v) is 3.43. The van der Waals surface area contributed by atoms with Crippen LogP contribution in [0.5, 0.6) is 5.75 Å². The van der Waals surface area contributed by atoms with E-state index in [9.17, 15) is 9.59 Å². The van der Waals surface area contributed by atoms with Gasteiger partial charge < -0.3 is 4.74 Å². The van der Waals surface area contributed by atoms with Crippen LogP contribution in [0, 0.1) is 0 Å². The first-order valence-electron chi connectivity index (χ1n) is 7.58. The second kappa shape index (κ2) is 7.73. The van der Waals surface area contributed by atoms with Crippen molar-refractivity contribution >= 4 is 34.5 Å². The van der Waals surface area contributed by atoms with Crippen molar-refractivity contribution < 1.29 is 14.3 Å². The quantitative estimate of drug-likeness (QED) is 0.848. The van der Waals surface area contributed by atoms with Gasteiger partial charge >= 0.3 is 0 Å². The number of imide groups is 1. The summed E-state index contributed by atoms with van der Waals surface area (Å²) in [5.41, 5.74) is 2.13. The standard InChI is InChI=1S/C18H16ClNO3S/c19-14-6-4-12(5-7-14)8-9-23-15-3-1-2-13(10-15)11-16-17(21)20-18(22)24-16/h1-7,10,16H,8-9,11H2,(H,20,21,22). The summed E-state index contributed by atoms with van der Waals surface area (Å²) >= 11 is 6.91. The summed E-state index contributed by atoms with van der Waals surface area (Å²) < 4.78 is 5.79. The fraction of sp³-hybridized carbons (Fsp3) is 0.222. The van der Waals surface area contributed by atoms with Crippen LogP contribution in [0.2, 0.25) is 5.02 Å². The summed E-state index contributed by atoms with van der Waals surface area (Å²) in [5.74, 6) is 0.537. The molecule has 1 fully saturated rings. The number of hydrogen-bond acceptors (Lipinski definition) is 4. The lowest BCUT2D eigenvalue weighted by molar-refractivity contribution is -0.118. The Labute approximate surface area is 149 Å². The number of benzene rings is 2. The number of nitrogens with one attached hydrogen (secondary N) is 1. The van der Waals surface area contributed by atoms with E-state index in [1.807, 2.05) is 48.5 Å². The Bertz CT molecular complexity index is 748. The summed E-state index contributed by atoms with van der Waals surface area (Å²) in [7, 11) is 0. The third-order valence-electron chi connectivity index (χ3n) is 3.66. The van der Waals surface area contributed by atoms with Crippen LogP contribution in [0.3, 0.4) is 0 Å². The first-order chi connectivity index (χ1) is 11.6. The zero-order valence-electron chi connectivity index (χ0n) is 12.8. The molecule has 2 amide bonds. The summed E-state index contributed by atoms with van der Waals surface area (Å²) in [5, 5.41) is 2.39. The minimum atomic E-state index is -0.359. The Hall–Kier alpha value is -1.98. The van der Waals surface area contributed by atoms with Gasteiger partial charge in [-0.15, -0.1) is 0 Å². The molecule has 4 nitrogen and oxygen atoms in total. The summed E-state index contributed by atoms with van der Waals surface area (Å²) in [4.78, 5) is 22.8. The number of ether oxygens (including phenoxy) is 1. The average molecular weight is 362 g/mol. The Balaban J connectivity index is 1.54. The molecule has 24 heavy (non-hydrogen) atoms. The Morgan fingerprint density at radius 1 is 1.08 bits per heavy atom. The van der Waals surface area contributed by atoms with Gasteiger partial charge in [-0.1, -0.05) is 47.6 Å². The predicted octanol–water partition coefficient (Wildman–Crippen LogP) is 3.86. The van der Waals surface area contributed by atoms with Gasteiger partial charge in [-0.05, 0) is 41.8 Å². The molecule has 0 spiro atoms. The normalized spacial score (nSPS) is 17.0. The number of thioether (sulfide) groups is 1. The Morgan fingerprint density at radius 3 is 2.58 bits per heavy atom. The predicted molar refractivity (Wildman–Crippen MR) is 95.7 cm³/mol. The zero-order valence-corrected chi connectivity index (χ0v) is 14.4. The summed E-state index contributed by atoms with van der Waals surface area (Å²) in [6.07, 6.45) is 1.30. The van der Waals surface area contributed by atoms with Crippen molar-refractivity contribution in [3.63, 3.8) is 0 Å². The summed E-state index contributed by atoms with van der Waals surface area (Å²) in [6, 6.07) is 15.3. The van der Waals surface area contributed by atoms with Crippen LogP contribution in [0.1, 0.15) is 11.1 Å². The molecule has 1 atom stereocenters. The molecule has 1 N–H and O–H groups in total. The molecule has 1 heterocycles. The van der Waals surface area contributed by atoms with Crippen molar-refractivity contribution in [3.8, 4) is 5.75 Å². The minimum absolute atomic E-state index is 0.223. The zero-order chi connectivity index (χ0) is 16.9. The van der Waals surface area contributed by atoms with Gasteiger partial charge in [0.2, 0.25) is 5.91 Å². The SMILES string of the molecule is O=C1NC(=O)C(Cc2cccc(OCCc3ccc(Cl)cc3)c2)S1. The van der Waals surface area contributed by atoms with Crippen molar-refractivity contribution in [3.05, 3.63) is 64.7 Å². The molecule has 3 rings (SSSR count). The van der Waals surface area contributed by atoms with Crippen LogP contribution in [0.15, 0.2) is 48.5 Å². The molecule has 0 aromatic heterocycles. The monoisotopic (exact) mass is 361 g/mol. The van der Waals surface area contributed by atoms with Crippen molar-refractivity contribution in [1.82, 2.24) is 5.32 Å². The van der Waals surface area contributed by atoms with Crippen LogP contribution in [-0.2, 0) is 17.6 Å². The van der Waals surface area contributed by atoms with E-state index in [1.165, 1.54) is 0 Å². The lowest BCUT2D eigenvalue weighted by Gasteiger charge is -2.09. The molecule has 2 aromatic rings. The molecule has 124 valence electrons. The first kappa shape index (κ1) is 16.9. The minimum Gasteiger partial charge on any atom is -0.493 e. The number of amides is 2. The lowest BCUT2D eigenvalue weighted by Crippen LogP contribution is -2.25. The maximum Gasteiger partial charge on any atom is 0.286 e. The highest BCUT2D eigenvalue weighted by atomic mass is 35.5. The summed E-state index contributed by atoms with van der Waals surface area (Å²) in [6.45, 7) is 0.558. The van der Waals surface area contributed by atoms with Crippen molar-refractivity contribution in [2.45, 2.75) is 18.1 Å². The second-order valence-corrected chi connectivity index (χ2v) is 7.07. The third-order valence-corrected chi connectivity index (χ3v) is 4.89. The number of hydrogen-bond donors (Lipinski definition) is 1. The lowest BCUT2D eigenvalue weighted by atomic mass is 10.1. The maximum absolute atomic E-state index is 11.6. The van der Waals surface area contributed by atoms with Crippen LogP contribution in [-0.4, -0.2) is 23.0 Å². The van der Waals surface area contributed by atoms with Crippen molar-refractivity contribution in [1.29, 1.82) is 0 Å². The van der Waals surface area contributed by atoms with Gasteiger partial charge in [0, 0.05) is 11.4 Å². The van der Waals surface area contributed by atoms with Crippen LogP contribution < -0.4 is 10.1 Å². The molecule has 6 heteroatoms. The van der Waals surface area contributed by atoms with Crippen molar-refractivity contribution in [2.24, 2.45) is 0 Å². The van der Waals surface area contributed by atoms with E-state index in [4.69, 9.17) is 16.3 Å². The highest BCUT2D eigenvalue weighted by Gasteiger charge is 2.31. The molecule has 2 aromatic carbocycles. The van der Waals surface area contributed by atoms with E-state index in [-0.39, 0.29) is 16.4 Å². The van der Waals surface area contributed by atoms with E-state index < -0.39 is 0 Å². The molecule has 1 saturated heterocycles. The highest BCUT2D eigenvalue weighted by molar-refractivity contribution is 8.15. The Kier molecular flexibility index (Phi) is 5.43. The Morgan fingerprint density at radius 2 is 1.88 bits per heavy atom. The molecular formula is C18H16ClNO3S. The molecule has 1 unspecified atom stereocenters. The van der Waals surface area contributed by atoms with Gasteiger partial charge in [0.25, 0.3) is 5.24 Å². The maximum atomic E-state index is 11.6. The van der Waals surface area contributed by atoms with E-state index >= 15 is 0 Å². The first-order valence-corrected chi connectivity index (χ1v) is 8.83. The van der Waals surface area contributed by atoms with E-state index in [0.717, 1.165) is 40.1 Å². The second-order valence-electron chi connectivity index (χ2n) is 5.46.